The van der Waals surface area contributed by atoms with Crippen molar-refractivity contribution in [2.45, 2.75) is 40.5 Å². The first-order valence-electron chi connectivity index (χ1n) is 7.19. The molecule has 0 saturated heterocycles. The molecule has 0 aliphatic carbocycles. The highest BCUT2D eigenvalue weighted by Gasteiger charge is 2.05. The van der Waals surface area contributed by atoms with E-state index in [0.29, 0.717) is 5.92 Å². The minimum Gasteiger partial charge on any atom is -0.0625 e. The highest BCUT2D eigenvalue weighted by molar-refractivity contribution is 5.36. The van der Waals surface area contributed by atoms with E-state index in [9.17, 15) is 0 Å². The fourth-order valence-electron chi connectivity index (χ4n) is 2.52. The molecule has 0 aromatic heterocycles. The molecule has 0 atom stereocenters. The number of benzene rings is 2. The SMILES string of the molecule is Cc1ccccc1Cc1ccc(C)c(CC(C)C)c1. The fraction of sp³-hybridized carbons (Fsp3) is 0.368. The van der Waals surface area contributed by atoms with Gasteiger partial charge in [0.05, 0.1) is 0 Å². The van der Waals surface area contributed by atoms with Crippen molar-refractivity contribution >= 4 is 0 Å². The van der Waals surface area contributed by atoms with E-state index in [1.165, 1.54) is 34.2 Å². The van der Waals surface area contributed by atoms with Crippen LogP contribution >= 0.6 is 0 Å². The van der Waals surface area contributed by atoms with Gasteiger partial charge in [-0.3, -0.25) is 0 Å². The third-order valence-electron chi connectivity index (χ3n) is 3.70. The standard InChI is InChI=1S/C19H24/c1-14(2)11-19-13-17(10-9-16(19)4)12-18-8-6-5-7-15(18)3/h5-10,13-14H,11-12H2,1-4H3. The molecule has 0 N–H and O–H groups in total. The Balaban J connectivity index is 2.24. The highest BCUT2D eigenvalue weighted by atomic mass is 14.1. The summed E-state index contributed by atoms with van der Waals surface area (Å²) in [5, 5.41) is 0. The Morgan fingerprint density at radius 3 is 2.21 bits per heavy atom. The van der Waals surface area contributed by atoms with Gasteiger partial charge in [-0.05, 0) is 60.4 Å². The molecule has 0 heterocycles. The maximum atomic E-state index is 2.39. The van der Waals surface area contributed by atoms with Crippen LogP contribution in [0.15, 0.2) is 42.5 Å². The Labute approximate surface area is 117 Å². The number of aryl methyl sites for hydroxylation is 2. The fourth-order valence-corrected chi connectivity index (χ4v) is 2.52. The summed E-state index contributed by atoms with van der Waals surface area (Å²) in [6.07, 6.45) is 2.21. The van der Waals surface area contributed by atoms with Gasteiger partial charge < -0.3 is 0 Å². The van der Waals surface area contributed by atoms with Crippen LogP contribution in [-0.4, -0.2) is 0 Å². The molecule has 0 fully saturated rings. The maximum absolute atomic E-state index is 2.39. The summed E-state index contributed by atoms with van der Waals surface area (Å²) < 4.78 is 0. The Morgan fingerprint density at radius 1 is 0.842 bits per heavy atom. The van der Waals surface area contributed by atoms with Gasteiger partial charge in [0.25, 0.3) is 0 Å². The van der Waals surface area contributed by atoms with Gasteiger partial charge in [-0.25, -0.2) is 0 Å². The zero-order chi connectivity index (χ0) is 13.8. The molecule has 0 aliphatic heterocycles. The zero-order valence-electron chi connectivity index (χ0n) is 12.5. The van der Waals surface area contributed by atoms with E-state index in [-0.39, 0.29) is 0 Å². The van der Waals surface area contributed by atoms with Crippen LogP contribution in [0.25, 0.3) is 0 Å². The van der Waals surface area contributed by atoms with Gasteiger partial charge in [-0.15, -0.1) is 0 Å². The van der Waals surface area contributed by atoms with E-state index in [2.05, 4.69) is 70.2 Å². The second-order valence-electron chi connectivity index (χ2n) is 5.96. The molecule has 2 rings (SSSR count). The molecular weight excluding hydrogens is 228 g/mol. The number of hydrogen-bond donors (Lipinski definition) is 0. The first-order valence-corrected chi connectivity index (χ1v) is 7.19. The van der Waals surface area contributed by atoms with Gasteiger partial charge in [0.15, 0.2) is 0 Å². The van der Waals surface area contributed by atoms with Gasteiger partial charge in [-0.1, -0.05) is 56.3 Å². The summed E-state index contributed by atoms with van der Waals surface area (Å²) in [6, 6.07) is 15.6. The quantitative estimate of drug-likeness (QED) is 0.710. The molecule has 0 radical (unpaired) electrons. The smallest absolute Gasteiger partial charge is 0.00230 e. The minimum absolute atomic E-state index is 0.715. The molecule has 2 aromatic carbocycles. The highest BCUT2D eigenvalue weighted by Crippen LogP contribution is 2.19. The summed E-state index contributed by atoms with van der Waals surface area (Å²) in [5.74, 6) is 0.715. The van der Waals surface area contributed by atoms with Crippen LogP contribution in [0.4, 0.5) is 0 Å². The number of rotatable bonds is 4. The van der Waals surface area contributed by atoms with Crippen LogP contribution in [0.2, 0.25) is 0 Å². The molecule has 0 heteroatoms. The van der Waals surface area contributed by atoms with E-state index in [0.717, 1.165) is 6.42 Å². The Morgan fingerprint density at radius 2 is 1.53 bits per heavy atom. The van der Waals surface area contributed by atoms with Crippen molar-refractivity contribution in [3.05, 3.63) is 70.3 Å². The van der Waals surface area contributed by atoms with Crippen molar-refractivity contribution in [3.8, 4) is 0 Å². The summed E-state index contributed by atoms with van der Waals surface area (Å²) in [4.78, 5) is 0. The van der Waals surface area contributed by atoms with Crippen LogP contribution in [0.1, 0.15) is 41.7 Å². The van der Waals surface area contributed by atoms with Gasteiger partial charge in [0, 0.05) is 0 Å². The van der Waals surface area contributed by atoms with Crippen molar-refractivity contribution in [1.82, 2.24) is 0 Å². The second kappa shape index (κ2) is 6.06. The van der Waals surface area contributed by atoms with Crippen molar-refractivity contribution in [1.29, 1.82) is 0 Å². The molecule has 2 aromatic rings. The van der Waals surface area contributed by atoms with E-state index >= 15 is 0 Å². The lowest BCUT2D eigenvalue weighted by molar-refractivity contribution is 0.644. The van der Waals surface area contributed by atoms with Crippen molar-refractivity contribution in [2.24, 2.45) is 5.92 Å². The average Bonchev–Trinajstić information content (AvgIpc) is 2.35. The molecule has 0 saturated carbocycles. The Bertz CT molecular complexity index is 550. The predicted molar refractivity (Wildman–Crippen MR) is 83.7 cm³/mol. The maximum Gasteiger partial charge on any atom is -0.00230 e. The average molecular weight is 252 g/mol. The lowest BCUT2D eigenvalue weighted by Crippen LogP contribution is -1.99. The van der Waals surface area contributed by atoms with E-state index in [1.54, 1.807) is 0 Å². The van der Waals surface area contributed by atoms with Gasteiger partial charge in [0.1, 0.15) is 0 Å². The summed E-state index contributed by atoms with van der Waals surface area (Å²) in [5.41, 5.74) is 7.16. The lowest BCUT2D eigenvalue weighted by Gasteiger charge is -2.12. The minimum atomic E-state index is 0.715. The van der Waals surface area contributed by atoms with Crippen molar-refractivity contribution < 1.29 is 0 Å². The van der Waals surface area contributed by atoms with Gasteiger partial charge >= 0.3 is 0 Å². The van der Waals surface area contributed by atoms with Crippen LogP contribution < -0.4 is 0 Å². The summed E-state index contributed by atoms with van der Waals surface area (Å²) >= 11 is 0. The molecule has 0 bridgehead atoms. The molecule has 19 heavy (non-hydrogen) atoms. The normalized spacial score (nSPS) is 11.0. The summed E-state index contributed by atoms with van der Waals surface area (Å²) in [6.45, 7) is 8.98. The molecule has 100 valence electrons. The van der Waals surface area contributed by atoms with Gasteiger partial charge in [-0.2, -0.15) is 0 Å². The monoisotopic (exact) mass is 252 g/mol. The molecule has 0 amide bonds. The van der Waals surface area contributed by atoms with E-state index < -0.39 is 0 Å². The van der Waals surface area contributed by atoms with Crippen LogP contribution in [0, 0.1) is 19.8 Å². The molecule has 0 nitrogen and oxygen atoms in total. The first-order chi connectivity index (χ1) is 9.06. The Kier molecular flexibility index (Phi) is 4.42. The van der Waals surface area contributed by atoms with Crippen LogP contribution in [-0.2, 0) is 12.8 Å². The topological polar surface area (TPSA) is 0 Å². The largest absolute Gasteiger partial charge is 0.0625 e. The first kappa shape index (κ1) is 13.9. The lowest BCUT2D eigenvalue weighted by atomic mass is 9.93. The summed E-state index contributed by atoms with van der Waals surface area (Å²) in [7, 11) is 0. The van der Waals surface area contributed by atoms with E-state index in [4.69, 9.17) is 0 Å². The third-order valence-corrected chi connectivity index (χ3v) is 3.70. The van der Waals surface area contributed by atoms with E-state index in [1.807, 2.05) is 0 Å². The van der Waals surface area contributed by atoms with Crippen LogP contribution in [0.3, 0.4) is 0 Å². The zero-order valence-corrected chi connectivity index (χ0v) is 12.5. The molecule has 0 aliphatic rings. The second-order valence-corrected chi connectivity index (χ2v) is 5.96. The molecular formula is C19H24. The molecule has 0 unspecified atom stereocenters. The third kappa shape index (κ3) is 3.70. The van der Waals surface area contributed by atoms with Crippen LogP contribution in [0.5, 0.6) is 0 Å². The van der Waals surface area contributed by atoms with Gasteiger partial charge in [0.2, 0.25) is 0 Å². The number of hydrogen-bond acceptors (Lipinski definition) is 0. The van der Waals surface area contributed by atoms with Crippen molar-refractivity contribution in [2.75, 3.05) is 0 Å². The van der Waals surface area contributed by atoms with Crippen molar-refractivity contribution in [3.63, 3.8) is 0 Å². The predicted octanol–water partition coefficient (Wildman–Crippen LogP) is 5.09. The molecule has 0 spiro atoms. The Hall–Kier alpha value is -1.56.